The molecule has 1 aliphatic rings. The van der Waals surface area contributed by atoms with Crippen LogP contribution in [-0.2, 0) is 4.79 Å². The van der Waals surface area contributed by atoms with E-state index in [1.807, 2.05) is 0 Å². The molecule has 1 heterocycles. The zero-order valence-electron chi connectivity index (χ0n) is 10.8. The molecule has 16 heavy (non-hydrogen) atoms. The molecule has 0 bridgehead atoms. The van der Waals surface area contributed by atoms with Gasteiger partial charge in [-0.15, -0.1) is 0 Å². The molecule has 94 valence electrons. The van der Waals surface area contributed by atoms with Crippen molar-refractivity contribution in [1.82, 2.24) is 15.5 Å². The van der Waals surface area contributed by atoms with Crippen LogP contribution >= 0.6 is 0 Å². The zero-order chi connectivity index (χ0) is 12.0. The Morgan fingerprint density at radius 2 is 2.19 bits per heavy atom. The molecule has 4 nitrogen and oxygen atoms in total. The predicted octanol–water partition coefficient (Wildman–Crippen LogP) is 0.585. The van der Waals surface area contributed by atoms with Gasteiger partial charge in [0, 0.05) is 12.6 Å². The number of likely N-dealkylation sites (N-methyl/N-ethyl adjacent to an activating group) is 1. The first-order chi connectivity index (χ1) is 7.69. The van der Waals surface area contributed by atoms with E-state index >= 15 is 0 Å². The Hall–Kier alpha value is -0.610. The predicted molar refractivity (Wildman–Crippen MR) is 66.4 cm³/mol. The van der Waals surface area contributed by atoms with E-state index in [0.29, 0.717) is 6.04 Å². The summed E-state index contributed by atoms with van der Waals surface area (Å²) in [6, 6.07) is 0.462. The van der Waals surface area contributed by atoms with Crippen molar-refractivity contribution >= 4 is 5.91 Å². The van der Waals surface area contributed by atoms with Gasteiger partial charge in [0.05, 0.1) is 6.04 Å². The quantitative estimate of drug-likeness (QED) is 0.698. The van der Waals surface area contributed by atoms with E-state index in [2.05, 4.69) is 36.3 Å². The van der Waals surface area contributed by atoms with E-state index in [9.17, 15) is 4.79 Å². The first kappa shape index (κ1) is 13.5. The molecule has 2 atom stereocenters. The summed E-state index contributed by atoms with van der Waals surface area (Å²) in [7, 11) is 0. The van der Waals surface area contributed by atoms with Crippen LogP contribution in [0.15, 0.2) is 0 Å². The van der Waals surface area contributed by atoms with Gasteiger partial charge in [-0.2, -0.15) is 0 Å². The molecule has 0 aromatic rings. The smallest absolute Gasteiger partial charge is 0.237 e. The van der Waals surface area contributed by atoms with Crippen LogP contribution in [0.3, 0.4) is 0 Å². The van der Waals surface area contributed by atoms with E-state index in [0.717, 1.165) is 39.0 Å². The molecule has 0 spiro atoms. The molecule has 1 saturated heterocycles. The maximum absolute atomic E-state index is 11.8. The fourth-order valence-corrected chi connectivity index (χ4v) is 2.26. The number of carbonyl (C=O) groups excluding carboxylic acids is 1. The van der Waals surface area contributed by atoms with Gasteiger partial charge >= 0.3 is 0 Å². The maximum atomic E-state index is 11.8. The Morgan fingerprint density at radius 3 is 2.69 bits per heavy atom. The molecule has 0 radical (unpaired) electrons. The Kier molecular flexibility index (Phi) is 5.77. The zero-order valence-corrected chi connectivity index (χ0v) is 10.8. The summed E-state index contributed by atoms with van der Waals surface area (Å²) in [4.78, 5) is 14.1. The number of nitrogens with one attached hydrogen (secondary N) is 2. The Bertz CT molecular complexity index is 210. The lowest BCUT2D eigenvalue weighted by molar-refractivity contribution is -0.123. The van der Waals surface area contributed by atoms with Gasteiger partial charge in [-0.25, -0.2) is 0 Å². The fraction of sp³-hybridized carbons (Fsp3) is 0.917. The van der Waals surface area contributed by atoms with Crippen molar-refractivity contribution in [3.63, 3.8) is 0 Å². The first-order valence-corrected chi connectivity index (χ1v) is 6.44. The van der Waals surface area contributed by atoms with Crippen LogP contribution in [0.2, 0.25) is 0 Å². The third-order valence-electron chi connectivity index (χ3n) is 3.38. The average molecular weight is 227 g/mol. The van der Waals surface area contributed by atoms with Gasteiger partial charge in [-0.1, -0.05) is 13.8 Å². The van der Waals surface area contributed by atoms with Crippen LogP contribution in [0, 0.1) is 0 Å². The van der Waals surface area contributed by atoms with Crippen molar-refractivity contribution in [3.05, 3.63) is 0 Å². The van der Waals surface area contributed by atoms with Crippen molar-refractivity contribution in [2.75, 3.05) is 26.2 Å². The second kappa shape index (κ2) is 6.86. The summed E-state index contributed by atoms with van der Waals surface area (Å²) in [6.45, 7) is 10.3. The molecule has 0 aromatic heterocycles. The van der Waals surface area contributed by atoms with Crippen LogP contribution in [0.1, 0.15) is 33.6 Å². The SMILES string of the molecule is CCN(CC)C(C)CNC(=O)C1CCCN1. The van der Waals surface area contributed by atoms with E-state index < -0.39 is 0 Å². The summed E-state index contributed by atoms with van der Waals surface area (Å²) < 4.78 is 0. The number of rotatable bonds is 6. The van der Waals surface area contributed by atoms with Crippen molar-refractivity contribution in [2.45, 2.75) is 45.7 Å². The van der Waals surface area contributed by atoms with Crippen LogP contribution in [-0.4, -0.2) is 49.1 Å². The third kappa shape index (κ3) is 3.76. The summed E-state index contributed by atoms with van der Waals surface area (Å²) >= 11 is 0. The summed E-state index contributed by atoms with van der Waals surface area (Å²) in [5, 5.41) is 6.24. The van der Waals surface area contributed by atoms with Crippen molar-refractivity contribution in [3.8, 4) is 0 Å². The number of hydrogen-bond acceptors (Lipinski definition) is 3. The highest BCUT2D eigenvalue weighted by molar-refractivity contribution is 5.82. The normalized spacial score (nSPS) is 22.4. The van der Waals surface area contributed by atoms with Crippen molar-refractivity contribution in [1.29, 1.82) is 0 Å². The molecule has 2 unspecified atom stereocenters. The summed E-state index contributed by atoms with van der Waals surface area (Å²) in [5.74, 6) is 0.163. The minimum Gasteiger partial charge on any atom is -0.353 e. The van der Waals surface area contributed by atoms with E-state index in [4.69, 9.17) is 0 Å². The molecule has 1 fully saturated rings. The standard InChI is InChI=1S/C12H25N3O/c1-4-15(5-2)10(3)9-14-12(16)11-7-6-8-13-11/h10-11,13H,4-9H2,1-3H3,(H,14,16). The maximum Gasteiger partial charge on any atom is 0.237 e. The number of amides is 1. The van der Waals surface area contributed by atoms with Crippen molar-refractivity contribution < 1.29 is 4.79 Å². The van der Waals surface area contributed by atoms with E-state index in [1.54, 1.807) is 0 Å². The summed E-state index contributed by atoms with van der Waals surface area (Å²) in [6.07, 6.45) is 2.09. The molecule has 0 aliphatic carbocycles. The molecule has 4 heteroatoms. The van der Waals surface area contributed by atoms with Crippen LogP contribution in [0.25, 0.3) is 0 Å². The second-order valence-corrected chi connectivity index (χ2v) is 4.46. The van der Waals surface area contributed by atoms with E-state index in [1.165, 1.54) is 0 Å². The van der Waals surface area contributed by atoms with Crippen LogP contribution < -0.4 is 10.6 Å². The van der Waals surface area contributed by atoms with Gasteiger partial charge in [0.15, 0.2) is 0 Å². The highest BCUT2D eigenvalue weighted by atomic mass is 16.2. The average Bonchev–Trinajstić information content (AvgIpc) is 2.81. The van der Waals surface area contributed by atoms with Gasteiger partial charge in [0.2, 0.25) is 5.91 Å². The first-order valence-electron chi connectivity index (χ1n) is 6.44. The minimum atomic E-state index is 0.0453. The minimum absolute atomic E-state index is 0.0453. The molecule has 1 aliphatic heterocycles. The Morgan fingerprint density at radius 1 is 1.50 bits per heavy atom. The highest BCUT2D eigenvalue weighted by Gasteiger charge is 2.22. The molecular weight excluding hydrogens is 202 g/mol. The fourth-order valence-electron chi connectivity index (χ4n) is 2.26. The number of nitrogens with zero attached hydrogens (tertiary/aromatic N) is 1. The number of hydrogen-bond donors (Lipinski definition) is 2. The largest absolute Gasteiger partial charge is 0.353 e. The van der Waals surface area contributed by atoms with Gasteiger partial charge in [0.25, 0.3) is 0 Å². The molecule has 0 aromatic carbocycles. The second-order valence-electron chi connectivity index (χ2n) is 4.46. The lowest BCUT2D eigenvalue weighted by atomic mass is 10.2. The lowest BCUT2D eigenvalue weighted by Gasteiger charge is -2.26. The molecule has 2 N–H and O–H groups in total. The monoisotopic (exact) mass is 227 g/mol. The van der Waals surface area contributed by atoms with Gasteiger partial charge in [0.1, 0.15) is 0 Å². The van der Waals surface area contributed by atoms with Gasteiger partial charge in [-0.05, 0) is 39.4 Å². The Labute approximate surface area is 98.8 Å². The van der Waals surface area contributed by atoms with E-state index in [-0.39, 0.29) is 11.9 Å². The number of carbonyl (C=O) groups is 1. The van der Waals surface area contributed by atoms with Gasteiger partial charge < -0.3 is 10.6 Å². The molecule has 1 amide bonds. The third-order valence-corrected chi connectivity index (χ3v) is 3.38. The molecular formula is C12H25N3O. The molecule has 1 rings (SSSR count). The lowest BCUT2D eigenvalue weighted by Crippen LogP contribution is -2.46. The van der Waals surface area contributed by atoms with Crippen LogP contribution in [0.4, 0.5) is 0 Å². The summed E-state index contributed by atoms with van der Waals surface area (Å²) in [5.41, 5.74) is 0. The van der Waals surface area contributed by atoms with Gasteiger partial charge in [-0.3, -0.25) is 9.69 Å². The highest BCUT2D eigenvalue weighted by Crippen LogP contribution is 2.04. The van der Waals surface area contributed by atoms with Crippen LogP contribution in [0.5, 0.6) is 0 Å². The topological polar surface area (TPSA) is 44.4 Å². The molecule has 0 saturated carbocycles. The van der Waals surface area contributed by atoms with Crippen molar-refractivity contribution in [2.24, 2.45) is 0 Å². The Balaban J connectivity index is 2.24.